The minimum atomic E-state index is -0.989. The highest BCUT2D eigenvalue weighted by Gasteiger charge is 2.54. The summed E-state index contributed by atoms with van der Waals surface area (Å²) in [5, 5.41) is 2.76. The molecule has 1 aliphatic carbocycles. The number of imide groups is 1. The monoisotopic (exact) mass is 332 g/mol. The van der Waals surface area contributed by atoms with Crippen LogP contribution >= 0.6 is 0 Å². The summed E-state index contributed by atoms with van der Waals surface area (Å²) in [7, 11) is 0. The van der Waals surface area contributed by atoms with Crippen molar-refractivity contribution in [1.82, 2.24) is 20.2 Å². The van der Waals surface area contributed by atoms with Crippen LogP contribution < -0.4 is 5.32 Å². The molecule has 3 amide bonds. The van der Waals surface area contributed by atoms with E-state index in [0.29, 0.717) is 18.5 Å². The van der Waals surface area contributed by atoms with Crippen molar-refractivity contribution in [1.29, 1.82) is 0 Å². The maximum Gasteiger partial charge on any atom is 0.329 e. The fraction of sp³-hybridized carbons (Fsp3) is 0.562. The smallest absolute Gasteiger partial charge is 0.329 e. The second kappa shape index (κ2) is 6.18. The van der Waals surface area contributed by atoms with Gasteiger partial charge < -0.3 is 10.1 Å². The van der Waals surface area contributed by atoms with Crippen LogP contribution in [0.5, 0.6) is 0 Å². The first-order valence-corrected chi connectivity index (χ1v) is 8.07. The summed E-state index contributed by atoms with van der Waals surface area (Å²) in [4.78, 5) is 46.2. The van der Waals surface area contributed by atoms with E-state index in [1.807, 2.05) is 0 Å². The molecule has 2 heterocycles. The Kier molecular flexibility index (Phi) is 4.21. The van der Waals surface area contributed by atoms with Crippen LogP contribution in [0.1, 0.15) is 51.3 Å². The van der Waals surface area contributed by atoms with Gasteiger partial charge in [0.1, 0.15) is 17.7 Å². The highest BCUT2D eigenvalue weighted by atomic mass is 16.5. The van der Waals surface area contributed by atoms with E-state index >= 15 is 0 Å². The Morgan fingerprint density at radius 1 is 1.29 bits per heavy atom. The van der Waals surface area contributed by atoms with Crippen LogP contribution in [-0.4, -0.2) is 44.4 Å². The number of hydrogen-bond acceptors (Lipinski definition) is 6. The van der Waals surface area contributed by atoms with E-state index in [1.54, 1.807) is 6.92 Å². The zero-order chi connectivity index (χ0) is 17.3. The Labute approximate surface area is 139 Å². The van der Waals surface area contributed by atoms with Gasteiger partial charge in [-0.1, -0.05) is 12.8 Å². The van der Waals surface area contributed by atoms with Crippen molar-refractivity contribution in [3.05, 3.63) is 24.3 Å². The quantitative estimate of drug-likeness (QED) is 0.659. The van der Waals surface area contributed by atoms with E-state index in [9.17, 15) is 14.4 Å². The minimum absolute atomic E-state index is 0.332. The average Bonchev–Trinajstić information content (AvgIpc) is 3.13. The van der Waals surface area contributed by atoms with Crippen molar-refractivity contribution < 1.29 is 19.1 Å². The molecular weight excluding hydrogens is 312 g/mol. The number of carbonyl (C=O) groups excluding carboxylic acids is 3. The van der Waals surface area contributed by atoms with E-state index in [-0.39, 0.29) is 5.91 Å². The van der Waals surface area contributed by atoms with Gasteiger partial charge >= 0.3 is 12.0 Å². The van der Waals surface area contributed by atoms with Gasteiger partial charge in [0, 0.05) is 12.4 Å². The number of aromatic nitrogens is 2. The van der Waals surface area contributed by atoms with Gasteiger partial charge in [0.25, 0.3) is 5.91 Å². The number of urea groups is 1. The molecule has 8 nitrogen and oxygen atoms in total. The molecule has 1 N–H and O–H groups in total. The highest BCUT2D eigenvalue weighted by molar-refractivity contribution is 6.09. The predicted molar refractivity (Wildman–Crippen MR) is 82.6 cm³/mol. The van der Waals surface area contributed by atoms with Crippen molar-refractivity contribution >= 4 is 17.9 Å². The number of rotatable bonds is 4. The molecule has 1 aliphatic heterocycles. The predicted octanol–water partition coefficient (Wildman–Crippen LogP) is 1.33. The molecule has 2 fully saturated rings. The molecule has 0 unspecified atom stereocenters. The van der Waals surface area contributed by atoms with E-state index in [1.165, 1.54) is 25.5 Å². The Morgan fingerprint density at radius 2 is 2.00 bits per heavy atom. The molecule has 8 heteroatoms. The van der Waals surface area contributed by atoms with Crippen LogP contribution in [0.2, 0.25) is 0 Å². The van der Waals surface area contributed by atoms with Crippen molar-refractivity contribution in [2.24, 2.45) is 0 Å². The molecule has 0 bridgehead atoms. The largest absolute Gasteiger partial charge is 0.455 e. The molecule has 1 aromatic heterocycles. The molecule has 3 rings (SSSR count). The molecular formula is C16H20N4O4. The number of nitrogens with zero attached hydrogens (tertiary/aromatic N) is 3. The van der Waals surface area contributed by atoms with Crippen LogP contribution in [0.3, 0.4) is 0 Å². The SMILES string of the molecule is C[C@H](OC(=O)[C@H](C)N1C(=O)NC2(CCCC2)C1=O)c1cnccn1. The number of ether oxygens (including phenoxy) is 1. The topological polar surface area (TPSA) is 101 Å². The first-order chi connectivity index (χ1) is 11.4. The number of amides is 3. The highest BCUT2D eigenvalue weighted by Crippen LogP contribution is 2.36. The number of carbonyl (C=O) groups is 3. The van der Waals surface area contributed by atoms with Crippen LogP contribution in [0.4, 0.5) is 4.79 Å². The van der Waals surface area contributed by atoms with Crippen LogP contribution in [0.15, 0.2) is 18.6 Å². The summed E-state index contributed by atoms with van der Waals surface area (Å²) in [5.41, 5.74) is -0.329. The zero-order valence-corrected chi connectivity index (χ0v) is 13.7. The molecule has 24 heavy (non-hydrogen) atoms. The third kappa shape index (κ3) is 2.72. The Balaban J connectivity index is 1.69. The molecule has 2 aliphatic rings. The molecule has 1 saturated heterocycles. The second-order valence-electron chi connectivity index (χ2n) is 6.28. The minimum Gasteiger partial charge on any atom is -0.455 e. The van der Waals surface area contributed by atoms with Crippen molar-refractivity contribution in [3.8, 4) is 0 Å². The fourth-order valence-corrected chi connectivity index (χ4v) is 3.27. The third-order valence-electron chi connectivity index (χ3n) is 4.67. The summed E-state index contributed by atoms with van der Waals surface area (Å²) in [5.74, 6) is -0.978. The second-order valence-corrected chi connectivity index (χ2v) is 6.28. The Bertz CT molecular complexity index is 657. The van der Waals surface area contributed by atoms with E-state index in [0.717, 1.165) is 17.7 Å². The lowest BCUT2D eigenvalue weighted by molar-refractivity contribution is -0.156. The molecule has 0 aromatic carbocycles. The molecule has 1 aromatic rings. The van der Waals surface area contributed by atoms with Gasteiger partial charge in [0.2, 0.25) is 0 Å². The Morgan fingerprint density at radius 3 is 2.62 bits per heavy atom. The number of esters is 1. The Hall–Kier alpha value is -2.51. The van der Waals surface area contributed by atoms with E-state index < -0.39 is 29.7 Å². The molecule has 1 saturated carbocycles. The maximum absolute atomic E-state index is 12.7. The van der Waals surface area contributed by atoms with Gasteiger partial charge in [-0.25, -0.2) is 14.5 Å². The van der Waals surface area contributed by atoms with Crippen molar-refractivity contribution in [2.75, 3.05) is 0 Å². The summed E-state index contributed by atoms with van der Waals surface area (Å²) >= 11 is 0. The van der Waals surface area contributed by atoms with Crippen LogP contribution in [0.25, 0.3) is 0 Å². The lowest BCUT2D eigenvalue weighted by Crippen LogP contribution is -2.47. The lowest BCUT2D eigenvalue weighted by atomic mass is 9.98. The van der Waals surface area contributed by atoms with Crippen LogP contribution in [-0.2, 0) is 14.3 Å². The maximum atomic E-state index is 12.7. The molecule has 1 spiro atoms. The van der Waals surface area contributed by atoms with Gasteiger partial charge in [-0.3, -0.25) is 14.8 Å². The summed E-state index contributed by atoms with van der Waals surface area (Å²) in [6.45, 7) is 3.16. The fourth-order valence-electron chi connectivity index (χ4n) is 3.27. The third-order valence-corrected chi connectivity index (χ3v) is 4.67. The molecule has 0 radical (unpaired) electrons. The molecule has 128 valence electrons. The number of hydrogen-bond donors (Lipinski definition) is 1. The standard InChI is InChI=1S/C16H20N4O4/c1-10(13(21)24-11(2)12-9-17-7-8-18-12)20-14(22)16(19-15(20)23)5-3-4-6-16/h7-11H,3-6H2,1-2H3,(H,19,23)/t10-,11-/m0/s1. The zero-order valence-electron chi connectivity index (χ0n) is 13.7. The lowest BCUT2D eigenvalue weighted by Gasteiger charge is -2.24. The van der Waals surface area contributed by atoms with E-state index in [2.05, 4.69) is 15.3 Å². The molecule has 2 atom stereocenters. The van der Waals surface area contributed by atoms with Gasteiger partial charge in [-0.2, -0.15) is 0 Å². The van der Waals surface area contributed by atoms with Gasteiger partial charge in [-0.05, 0) is 26.7 Å². The van der Waals surface area contributed by atoms with Gasteiger partial charge in [0.15, 0.2) is 0 Å². The van der Waals surface area contributed by atoms with Gasteiger partial charge in [0.05, 0.1) is 11.9 Å². The number of nitrogens with one attached hydrogen (secondary N) is 1. The van der Waals surface area contributed by atoms with Crippen molar-refractivity contribution in [3.63, 3.8) is 0 Å². The average molecular weight is 332 g/mol. The summed E-state index contributed by atoms with van der Waals surface area (Å²) < 4.78 is 5.34. The first-order valence-electron chi connectivity index (χ1n) is 8.07. The van der Waals surface area contributed by atoms with E-state index in [4.69, 9.17) is 4.74 Å². The summed E-state index contributed by atoms with van der Waals surface area (Å²) in [6, 6.07) is -1.52. The summed E-state index contributed by atoms with van der Waals surface area (Å²) in [6.07, 6.45) is 6.93. The first kappa shape index (κ1) is 16.4. The van der Waals surface area contributed by atoms with Gasteiger partial charge in [-0.15, -0.1) is 0 Å². The normalized spacial score (nSPS) is 21.7. The van der Waals surface area contributed by atoms with Crippen LogP contribution in [0, 0.1) is 0 Å². The van der Waals surface area contributed by atoms with Crippen molar-refractivity contribution in [2.45, 2.75) is 57.2 Å².